The van der Waals surface area contributed by atoms with Gasteiger partial charge in [0.05, 0.1) is 40.1 Å². The standard InChI is InChI=1S/C32H26FN3O8S2/c1-40-20-7-5-6-17-12-21(44-28(17)20)26(37)24-25(18-13-22(41-2)29(43-4)23(14-18)42-3)36(30(39)27(24)38)31-34-35-32(46-31)45-15-16-8-10-19(33)11-9-16/h5-14,25,38H,15H2,1-4H3. The van der Waals surface area contributed by atoms with Crippen molar-refractivity contribution in [2.45, 2.75) is 16.1 Å². The van der Waals surface area contributed by atoms with Crippen LogP contribution in [0.15, 0.2) is 80.8 Å². The first-order valence-corrected chi connectivity index (χ1v) is 15.5. The van der Waals surface area contributed by atoms with Crippen LogP contribution < -0.4 is 23.8 Å². The van der Waals surface area contributed by atoms with Gasteiger partial charge < -0.3 is 28.5 Å². The molecule has 3 aromatic carbocycles. The zero-order valence-corrected chi connectivity index (χ0v) is 26.5. The summed E-state index contributed by atoms with van der Waals surface area (Å²) in [6, 6.07) is 14.8. The van der Waals surface area contributed by atoms with Gasteiger partial charge in [-0.25, -0.2) is 4.39 Å². The number of benzene rings is 3. The number of furan rings is 1. The number of halogens is 1. The number of hydrogen-bond acceptors (Lipinski definition) is 12. The van der Waals surface area contributed by atoms with Crippen molar-refractivity contribution in [3.05, 3.63) is 94.7 Å². The molecule has 1 atom stereocenters. The molecule has 0 fully saturated rings. The number of nitrogens with zero attached hydrogens (tertiary/aromatic N) is 3. The molecule has 0 bridgehead atoms. The summed E-state index contributed by atoms with van der Waals surface area (Å²) in [6.07, 6.45) is 0. The lowest BCUT2D eigenvalue weighted by Gasteiger charge is -2.25. The van der Waals surface area contributed by atoms with E-state index in [9.17, 15) is 19.1 Å². The maximum atomic E-state index is 14.2. The summed E-state index contributed by atoms with van der Waals surface area (Å²) >= 11 is 2.44. The molecule has 2 aromatic heterocycles. The van der Waals surface area contributed by atoms with E-state index in [1.54, 1.807) is 42.5 Å². The number of para-hydroxylation sites is 1. The first-order chi connectivity index (χ1) is 22.3. The fraction of sp³-hybridized carbons (Fsp3) is 0.188. The van der Waals surface area contributed by atoms with Crippen LogP contribution in [0.3, 0.4) is 0 Å². The minimum atomic E-state index is -1.19. The Balaban J connectivity index is 1.44. The lowest BCUT2D eigenvalue weighted by molar-refractivity contribution is -0.117. The predicted molar refractivity (Wildman–Crippen MR) is 169 cm³/mol. The molecule has 46 heavy (non-hydrogen) atoms. The summed E-state index contributed by atoms with van der Waals surface area (Å²) in [6.45, 7) is 0. The quantitative estimate of drug-likeness (QED) is 0.0939. The molecule has 11 nitrogen and oxygen atoms in total. The first-order valence-electron chi connectivity index (χ1n) is 13.7. The molecule has 0 saturated carbocycles. The predicted octanol–water partition coefficient (Wildman–Crippen LogP) is 6.53. The number of anilines is 1. The van der Waals surface area contributed by atoms with Crippen LogP contribution in [0, 0.1) is 5.82 Å². The number of methoxy groups -OCH3 is 4. The third kappa shape index (κ3) is 5.49. The Hall–Kier alpha value is -5.08. The summed E-state index contributed by atoms with van der Waals surface area (Å²) in [4.78, 5) is 29.2. The van der Waals surface area contributed by atoms with E-state index < -0.39 is 23.5 Å². The second-order valence-electron chi connectivity index (χ2n) is 9.88. The maximum Gasteiger partial charge on any atom is 0.296 e. The summed E-state index contributed by atoms with van der Waals surface area (Å²) < 4.78 is 41.7. The highest BCUT2D eigenvalue weighted by molar-refractivity contribution is 8.00. The van der Waals surface area contributed by atoms with Crippen molar-refractivity contribution in [3.8, 4) is 23.0 Å². The minimum absolute atomic E-state index is 0.110. The Labute approximate surface area is 270 Å². The van der Waals surface area contributed by atoms with Gasteiger partial charge in [-0.05, 0) is 47.5 Å². The van der Waals surface area contributed by atoms with Gasteiger partial charge in [0.25, 0.3) is 5.91 Å². The number of amides is 1. The molecule has 1 N–H and O–H groups in total. The average molecular weight is 664 g/mol. The third-order valence-corrected chi connectivity index (χ3v) is 9.41. The van der Waals surface area contributed by atoms with E-state index >= 15 is 0 Å². The molecular formula is C32H26FN3O8S2. The molecule has 236 valence electrons. The topological polar surface area (TPSA) is 133 Å². The largest absolute Gasteiger partial charge is 0.503 e. The van der Waals surface area contributed by atoms with E-state index in [1.807, 2.05) is 0 Å². The fourth-order valence-corrected chi connectivity index (χ4v) is 6.96. The van der Waals surface area contributed by atoms with E-state index in [0.29, 0.717) is 38.1 Å². The molecule has 6 rings (SSSR count). The van der Waals surface area contributed by atoms with Crippen LogP contribution in [0.4, 0.5) is 9.52 Å². The second-order valence-corrected chi connectivity index (χ2v) is 12.1. The van der Waals surface area contributed by atoms with Gasteiger partial charge >= 0.3 is 0 Å². The van der Waals surface area contributed by atoms with E-state index in [1.165, 1.54) is 63.3 Å². The normalized spacial score (nSPS) is 14.7. The van der Waals surface area contributed by atoms with Crippen molar-refractivity contribution < 1.29 is 42.5 Å². The van der Waals surface area contributed by atoms with Crippen LogP contribution in [-0.4, -0.2) is 55.4 Å². The van der Waals surface area contributed by atoms with Crippen molar-refractivity contribution in [1.82, 2.24) is 10.2 Å². The molecule has 1 unspecified atom stereocenters. The SMILES string of the molecule is COc1cc(C2C(C(=O)c3cc4cccc(OC)c4o3)=C(O)C(=O)N2c2nnc(SCc3ccc(F)cc3)s2)cc(OC)c1OC. The first kappa shape index (κ1) is 30.9. The third-order valence-electron chi connectivity index (χ3n) is 7.28. The van der Waals surface area contributed by atoms with Crippen molar-refractivity contribution in [2.24, 2.45) is 0 Å². The van der Waals surface area contributed by atoms with E-state index in [4.69, 9.17) is 23.4 Å². The molecule has 1 aliphatic heterocycles. The van der Waals surface area contributed by atoms with E-state index in [-0.39, 0.29) is 33.8 Å². The average Bonchev–Trinajstić information content (AvgIpc) is 3.79. The molecule has 0 aliphatic carbocycles. The van der Waals surface area contributed by atoms with Gasteiger partial charge in [-0.15, -0.1) is 10.2 Å². The highest BCUT2D eigenvalue weighted by atomic mass is 32.2. The Morgan fingerprint density at radius 1 is 0.978 bits per heavy atom. The zero-order valence-electron chi connectivity index (χ0n) is 24.9. The molecule has 0 radical (unpaired) electrons. The molecule has 5 aromatic rings. The lowest BCUT2D eigenvalue weighted by atomic mass is 9.94. The van der Waals surface area contributed by atoms with Crippen LogP contribution in [0.25, 0.3) is 11.0 Å². The fourth-order valence-electron chi connectivity index (χ4n) is 5.13. The number of ether oxygens (including phenoxy) is 4. The zero-order chi connectivity index (χ0) is 32.5. The highest BCUT2D eigenvalue weighted by Gasteiger charge is 2.47. The summed E-state index contributed by atoms with van der Waals surface area (Å²) in [5, 5.41) is 20.5. The van der Waals surface area contributed by atoms with Gasteiger partial charge in [0.1, 0.15) is 5.82 Å². The van der Waals surface area contributed by atoms with Gasteiger partial charge in [0, 0.05) is 11.1 Å². The van der Waals surface area contributed by atoms with Crippen LogP contribution in [0.5, 0.6) is 23.0 Å². The summed E-state index contributed by atoms with van der Waals surface area (Å²) in [7, 11) is 5.81. The number of carbonyl (C=O) groups excluding carboxylic acids is 2. The number of ketones is 1. The Morgan fingerprint density at radius 3 is 2.33 bits per heavy atom. The van der Waals surface area contributed by atoms with Crippen molar-refractivity contribution >= 4 is 50.9 Å². The Kier molecular flexibility index (Phi) is 8.56. The second kappa shape index (κ2) is 12.7. The molecule has 0 saturated heterocycles. The van der Waals surface area contributed by atoms with Gasteiger partial charge in [-0.1, -0.05) is 47.4 Å². The van der Waals surface area contributed by atoms with Crippen molar-refractivity contribution in [3.63, 3.8) is 0 Å². The molecule has 1 amide bonds. The number of carbonyl (C=O) groups is 2. The molecule has 1 aliphatic rings. The number of thioether (sulfide) groups is 1. The number of aromatic nitrogens is 2. The van der Waals surface area contributed by atoms with E-state index in [0.717, 1.165) is 16.9 Å². The number of aliphatic hydroxyl groups excluding tert-OH is 1. The number of hydrogen-bond donors (Lipinski definition) is 1. The molecule has 14 heteroatoms. The Bertz CT molecular complexity index is 1960. The number of aliphatic hydroxyl groups is 1. The van der Waals surface area contributed by atoms with Gasteiger partial charge in [-0.2, -0.15) is 0 Å². The number of fused-ring (bicyclic) bond motifs is 1. The number of rotatable bonds is 11. The monoisotopic (exact) mass is 663 g/mol. The molecule has 3 heterocycles. The lowest BCUT2D eigenvalue weighted by Crippen LogP contribution is -2.31. The molecular weight excluding hydrogens is 637 g/mol. The number of Topliss-reactive ketones (excluding diaryl/α,β-unsaturated/α-hetero) is 1. The van der Waals surface area contributed by atoms with Crippen molar-refractivity contribution in [2.75, 3.05) is 33.3 Å². The minimum Gasteiger partial charge on any atom is -0.503 e. The van der Waals surface area contributed by atoms with Gasteiger partial charge in [-0.3, -0.25) is 14.5 Å². The highest BCUT2D eigenvalue weighted by Crippen LogP contribution is 2.48. The van der Waals surface area contributed by atoms with Crippen LogP contribution in [-0.2, 0) is 10.5 Å². The van der Waals surface area contributed by atoms with Gasteiger partial charge in [0.15, 0.2) is 38.7 Å². The van der Waals surface area contributed by atoms with Crippen LogP contribution in [0.2, 0.25) is 0 Å². The van der Waals surface area contributed by atoms with Crippen LogP contribution >= 0.6 is 23.1 Å². The summed E-state index contributed by atoms with van der Waals surface area (Å²) in [5.74, 6) is -1.08. The maximum absolute atomic E-state index is 14.2. The molecule has 0 spiro atoms. The van der Waals surface area contributed by atoms with Gasteiger partial charge in [0.2, 0.25) is 16.7 Å². The van der Waals surface area contributed by atoms with Crippen molar-refractivity contribution in [1.29, 1.82) is 0 Å². The van der Waals surface area contributed by atoms with Crippen LogP contribution in [0.1, 0.15) is 27.7 Å². The summed E-state index contributed by atoms with van der Waals surface area (Å²) in [5.41, 5.74) is 1.32. The van der Waals surface area contributed by atoms with E-state index in [2.05, 4.69) is 10.2 Å². The smallest absolute Gasteiger partial charge is 0.296 e. The Morgan fingerprint density at radius 2 is 1.67 bits per heavy atom.